The Labute approximate surface area is 177 Å². The molecule has 6 nitrogen and oxygen atoms in total. The van der Waals surface area contributed by atoms with Gasteiger partial charge >= 0.3 is 6.03 Å². The first-order valence-electron chi connectivity index (χ1n) is 10.9. The van der Waals surface area contributed by atoms with Gasteiger partial charge < -0.3 is 14.4 Å². The molecule has 2 fully saturated rings. The highest BCUT2D eigenvalue weighted by Crippen LogP contribution is 2.30. The standard InChI is InChI=1S/C22H31N5OS/c1-2-27-20(23-24-21(27)29-17-18-10-5-3-6-11-18)19-12-9-15-26(16-19)22(28)25-13-7-4-8-14-25/h3,5-6,10-11,19H,2,4,7-9,12-17H2,1H3/t19-/m0/s1. The molecule has 29 heavy (non-hydrogen) atoms. The third-order valence-corrected chi connectivity index (χ3v) is 6.99. The highest BCUT2D eigenvalue weighted by Gasteiger charge is 2.31. The molecule has 0 radical (unpaired) electrons. The molecule has 2 aliphatic heterocycles. The Kier molecular flexibility index (Phi) is 6.74. The average Bonchev–Trinajstić information content (AvgIpc) is 3.21. The van der Waals surface area contributed by atoms with Crippen LogP contribution in [0.4, 0.5) is 4.79 Å². The number of piperidine rings is 2. The number of aromatic nitrogens is 3. The SMILES string of the molecule is CCn1c(SCc2ccccc2)nnc1[C@H]1CCCN(C(=O)N2CCCCC2)C1. The first-order chi connectivity index (χ1) is 14.3. The molecule has 0 N–H and O–H groups in total. The van der Waals surface area contributed by atoms with Crippen LogP contribution in [0.2, 0.25) is 0 Å². The van der Waals surface area contributed by atoms with Crippen LogP contribution in [0.5, 0.6) is 0 Å². The van der Waals surface area contributed by atoms with Crippen LogP contribution in [0.3, 0.4) is 0 Å². The van der Waals surface area contributed by atoms with Crippen molar-refractivity contribution in [3.63, 3.8) is 0 Å². The van der Waals surface area contributed by atoms with Crippen LogP contribution < -0.4 is 0 Å². The second-order valence-corrected chi connectivity index (χ2v) is 8.92. The van der Waals surface area contributed by atoms with Gasteiger partial charge in [0.25, 0.3) is 0 Å². The number of nitrogens with zero attached hydrogens (tertiary/aromatic N) is 5. The number of hydrogen-bond acceptors (Lipinski definition) is 4. The smallest absolute Gasteiger partial charge is 0.320 e. The zero-order valence-electron chi connectivity index (χ0n) is 17.3. The fourth-order valence-electron chi connectivity index (χ4n) is 4.37. The van der Waals surface area contributed by atoms with E-state index in [-0.39, 0.29) is 11.9 Å². The summed E-state index contributed by atoms with van der Waals surface area (Å²) in [5.41, 5.74) is 1.29. The molecule has 1 atom stereocenters. The van der Waals surface area contributed by atoms with E-state index in [0.29, 0.717) is 0 Å². The minimum Gasteiger partial charge on any atom is -0.325 e. The van der Waals surface area contributed by atoms with Crippen LogP contribution in [0.25, 0.3) is 0 Å². The van der Waals surface area contributed by atoms with Gasteiger partial charge in [-0.1, -0.05) is 42.1 Å². The van der Waals surface area contributed by atoms with Gasteiger partial charge in [-0.2, -0.15) is 0 Å². The first kappa shape index (κ1) is 20.3. The van der Waals surface area contributed by atoms with E-state index >= 15 is 0 Å². The maximum atomic E-state index is 13.0. The third kappa shape index (κ3) is 4.77. The molecule has 0 aliphatic carbocycles. The van der Waals surface area contributed by atoms with Crippen LogP contribution in [-0.4, -0.2) is 56.8 Å². The number of hydrogen-bond donors (Lipinski definition) is 0. The van der Waals surface area contributed by atoms with Gasteiger partial charge in [0.1, 0.15) is 5.82 Å². The Morgan fingerprint density at radius 1 is 1.03 bits per heavy atom. The second-order valence-electron chi connectivity index (χ2n) is 7.97. The minimum atomic E-state index is 0.218. The van der Waals surface area contributed by atoms with Crippen molar-refractivity contribution in [3.05, 3.63) is 41.7 Å². The van der Waals surface area contributed by atoms with E-state index in [1.165, 1.54) is 12.0 Å². The molecule has 3 heterocycles. The zero-order valence-corrected chi connectivity index (χ0v) is 18.1. The number of carbonyl (C=O) groups excluding carboxylic acids is 1. The molecule has 0 spiro atoms. The summed E-state index contributed by atoms with van der Waals surface area (Å²) in [4.78, 5) is 17.0. The van der Waals surface area contributed by atoms with Gasteiger partial charge in [-0.3, -0.25) is 0 Å². The molecule has 156 valence electrons. The molecule has 1 aromatic carbocycles. The lowest BCUT2D eigenvalue weighted by Crippen LogP contribution is -2.48. The van der Waals surface area contributed by atoms with Gasteiger partial charge in [0.15, 0.2) is 5.16 Å². The third-order valence-electron chi connectivity index (χ3n) is 5.96. The van der Waals surface area contributed by atoms with Gasteiger partial charge in [0, 0.05) is 44.4 Å². The summed E-state index contributed by atoms with van der Waals surface area (Å²) in [6.07, 6.45) is 5.62. The highest BCUT2D eigenvalue weighted by atomic mass is 32.2. The summed E-state index contributed by atoms with van der Waals surface area (Å²) in [5, 5.41) is 10.0. The van der Waals surface area contributed by atoms with Crippen LogP contribution in [-0.2, 0) is 12.3 Å². The predicted molar refractivity (Wildman–Crippen MR) is 116 cm³/mol. The molecule has 2 aliphatic rings. The van der Waals surface area contributed by atoms with E-state index < -0.39 is 0 Å². The molecule has 1 aromatic heterocycles. The van der Waals surface area contributed by atoms with Crippen LogP contribution in [0.1, 0.15) is 56.3 Å². The second kappa shape index (κ2) is 9.65. The fourth-order valence-corrected chi connectivity index (χ4v) is 5.34. The van der Waals surface area contributed by atoms with Gasteiger partial charge in [-0.25, -0.2) is 4.79 Å². The lowest BCUT2D eigenvalue weighted by atomic mass is 9.97. The number of thioether (sulfide) groups is 1. The highest BCUT2D eigenvalue weighted by molar-refractivity contribution is 7.98. The summed E-state index contributed by atoms with van der Waals surface area (Å²) in [7, 11) is 0. The minimum absolute atomic E-state index is 0.218. The Morgan fingerprint density at radius 2 is 1.79 bits per heavy atom. The maximum Gasteiger partial charge on any atom is 0.320 e. The van der Waals surface area contributed by atoms with Crippen LogP contribution in [0, 0.1) is 0 Å². The van der Waals surface area contributed by atoms with Gasteiger partial charge in [0.05, 0.1) is 0 Å². The predicted octanol–water partition coefficient (Wildman–Crippen LogP) is 4.38. The van der Waals surface area contributed by atoms with Crippen molar-refractivity contribution < 1.29 is 4.79 Å². The molecule has 2 amide bonds. The monoisotopic (exact) mass is 413 g/mol. The summed E-state index contributed by atoms with van der Waals surface area (Å²) in [5.74, 6) is 2.21. The maximum absolute atomic E-state index is 13.0. The molecular weight excluding hydrogens is 382 g/mol. The molecule has 7 heteroatoms. The Balaban J connectivity index is 1.43. The summed E-state index contributed by atoms with van der Waals surface area (Å²) >= 11 is 1.74. The van der Waals surface area contributed by atoms with E-state index in [1.54, 1.807) is 11.8 Å². The Bertz CT molecular complexity index is 803. The Morgan fingerprint density at radius 3 is 2.55 bits per heavy atom. The van der Waals surface area contributed by atoms with Crippen molar-refractivity contribution in [2.75, 3.05) is 26.2 Å². The average molecular weight is 414 g/mol. The summed E-state index contributed by atoms with van der Waals surface area (Å²) in [6.45, 7) is 6.45. The van der Waals surface area contributed by atoms with Gasteiger partial charge in [-0.05, 0) is 44.6 Å². The van der Waals surface area contributed by atoms with Crippen LogP contribution in [0.15, 0.2) is 35.5 Å². The van der Waals surface area contributed by atoms with Crippen molar-refractivity contribution >= 4 is 17.8 Å². The normalized spacial score (nSPS) is 20.1. The number of urea groups is 1. The van der Waals surface area contributed by atoms with E-state index in [1.807, 2.05) is 15.9 Å². The van der Waals surface area contributed by atoms with E-state index in [4.69, 9.17) is 0 Å². The molecule has 0 unspecified atom stereocenters. The van der Waals surface area contributed by atoms with E-state index in [9.17, 15) is 4.79 Å². The summed E-state index contributed by atoms with van der Waals surface area (Å²) < 4.78 is 2.24. The molecule has 0 saturated carbocycles. The first-order valence-corrected chi connectivity index (χ1v) is 11.9. The number of amides is 2. The van der Waals surface area contributed by atoms with Gasteiger partial charge in [0.2, 0.25) is 0 Å². The topological polar surface area (TPSA) is 54.3 Å². The molecular formula is C22H31N5OS. The van der Waals surface area contributed by atoms with E-state index in [2.05, 4.69) is 46.0 Å². The number of benzene rings is 1. The van der Waals surface area contributed by atoms with Crippen LogP contribution >= 0.6 is 11.8 Å². The van der Waals surface area contributed by atoms with E-state index in [0.717, 1.165) is 75.1 Å². The molecule has 2 aromatic rings. The van der Waals surface area contributed by atoms with Crippen molar-refractivity contribution in [3.8, 4) is 0 Å². The molecule has 0 bridgehead atoms. The number of likely N-dealkylation sites (tertiary alicyclic amines) is 2. The number of rotatable bonds is 5. The Hall–Kier alpha value is -2.02. The van der Waals surface area contributed by atoms with Crippen molar-refractivity contribution in [1.29, 1.82) is 0 Å². The van der Waals surface area contributed by atoms with Crippen molar-refractivity contribution in [2.45, 2.75) is 62.4 Å². The lowest BCUT2D eigenvalue weighted by Gasteiger charge is -2.37. The number of carbonyl (C=O) groups is 1. The van der Waals surface area contributed by atoms with Gasteiger partial charge in [-0.15, -0.1) is 10.2 Å². The summed E-state index contributed by atoms with van der Waals surface area (Å²) in [6, 6.07) is 10.7. The lowest BCUT2D eigenvalue weighted by molar-refractivity contribution is 0.129. The fraction of sp³-hybridized carbons (Fsp3) is 0.591. The molecule has 2 saturated heterocycles. The van der Waals surface area contributed by atoms with Crippen molar-refractivity contribution in [1.82, 2.24) is 24.6 Å². The zero-order chi connectivity index (χ0) is 20.1. The van der Waals surface area contributed by atoms with Crippen molar-refractivity contribution in [2.24, 2.45) is 0 Å². The largest absolute Gasteiger partial charge is 0.325 e. The molecule has 4 rings (SSSR count). The quantitative estimate of drug-likeness (QED) is 0.683.